The van der Waals surface area contributed by atoms with Gasteiger partial charge in [0, 0.05) is 0 Å². The number of rotatable bonds is 4. The van der Waals surface area contributed by atoms with Gasteiger partial charge in [0.2, 0.25) is 0 Å². The quantitative estimate of drug-likeness (QED) is 0.799. The minimum absolute atomic E-state index is 0. The third-order valence-corrected chi connectivity index (χ3v) is 3.55. The summed E-state index contributed by atoms with van der Waals surface area (Å²) in [6.45, 7) is 8.62. The fourth-order valence-electron chi connectivity index (χ4n) is 2.37. The van der Waals surface area contributed by atoms with E-state index in [9.17, 15) is 4.79 Å². The first-order valence-corrected chi connectivity index (χ1v) is 7.44. The molecule has 0 radical (unpaired) electrons. The third kappa shape index (κ3) is 4.45. The molecule has 110 valence electrons. The van der Waals surface area contributed by atoms with Crippen LogP contribution in [-0.4, -0.2) is 0 Å². The number of benzene rings is 1. The average Bonchev–Trinajstić information content (AvgIpc) is 2.64. The first-order chi connectivity index (χ1) is 10.0. The molecule has 22 heavy (non-hydrogen) atoms. The predicted molar refractivity (Wildman–Crippen MR) is 90.0 cm³/mol. The zero-order valence-electron chi connectivity index (χ0n) is 14.1. The van der Waals surface area contributed by atoms with E-state index in [-0.39, 0.29) is 35.0 Å². The molecule has 2 aromatic rings. The normalized spacial score (nSPS) is 10.5. The molecular weight excluding hydrogens is 281 g/mol. The molecule has 0 aliphatic heterocycles. The van der Waals surface area contributed by atoms with E-state index in [1.165, 1.54) is 11.1 Å². The second kappa shape index (κ2) is 8.52. The Morgan fingerprint density at radius 2 is 1.32 bits per heavy atom. The molecule has 0 aromatic heterocycles. The van der Waals surface area contributed by atoms with Crippen LogP contribution in [0.25, 0.3) is 5.32 Å². The number of hydrogen-bond acceptors (Lipinski definition) is 1. The van der Waals surface area contributed by atoms with E-state index >= 15 is 0 Å². The Morgan fingerprint density at radius 1 is 0.773 bits per heavy atom. The van der Waals surface area contributed by atoms with Gasteiger partial charge in [-0.05, 0) is 17.9 Å². The van der Waals surface area contributed by atoms with Gasteiger partial charge in [-0.2, -0.15) is 0 Å². The summed E-state index contributed by atoms with van der Waals surface area (Å²) in [4.78, 5) is 12.1. The molecular formula is C19H22NNaO. The van der Waals surface area contributed by atoms with Gasteiger partial charge in [-0.3, -0.25) is 4.79 Å². The second-order valence-corrected chi connectivity index (χ2v) is 5.87. The van der Waals surface area contributed by atoms with Crippen LogP contribution in [0.1, 0.15) is 50.7 Å². The van der Waals surface area contributed by atoms with Crippen LogP contribution >= 0.6 is 0 Å². The standard InChI is InChI=1S/C19H23NO.Na/c1-13(2)15-9-8-10-16(14(3)4)19(15)20-17-11-6-5-7-12-18(17)21;/h5-14H,1-4H3,(H,20,21);/q;+1/p-1. The first-order valence-electron chi connectivity index (χ1n) is 7.44. The predicted octanol–water partition coefficient (Wildman–Crippen LogP) is 2.63. The van der Waals surface area contributed by atoms with E-state index < -0.39 is 0 Å². The smallest absolute Gasteiger partial charge is 0.654 e. The maximum absolute atomic E-state index is 12.1. The summed E-state index contributed by atoms with van der Waals surface area (Å²) in [5.41, 5.74) is 3.77. The van der Waals surface area contributed by atoms with Gasteiger partial charge in [0.1, 0.15) is 0 Å². The molecule has 0 fully saturated rings. The van der Waals surface area contributed by atoms with Gasteiger partial charge < -0.3 is 5.32 Å². The molecule has 0 atom stereocenters. The fourth-order valence-corrected chi connectivity index (χ4v) is 2.37. The van der Waals surface area contributed by atoms with Crippen LogP contribution in [-0.2, 0) is 0 Å². The number of hydrogen-bond donors (Lipinski definition) is 0. The van der Waals surface area contributed by atoms with Gasteiger partial charge in [-0.1, -0.05) is 87.0 Å². The van der Waals surface area contributed by atoms with E-state index in [2.05, 4.69) is 45.9 Å². The van der Waals surface area contributed by atoms with Crippen LogP contribution < -0.4 is 35.0 Å². The van der Waals surface area contributed by atoms with E-state index in [0.717, 1.165) is 5.69 Å². The van der Waals surface area contributed by atoms with Crippen molar-refractivity contribution < 1.29 is 29.6 Å². The summed E-state index contributed by atoms with van der Waals surface area (Å²) in [7, 11) is 0. The maximum atomic E-state index is 12.1. The van der Waals surface area contributed by atoms with Crippen LogP contribution in [0.15, 0.2) is 53.3 Å². The minimum Gasteiger partial charge on any atom is -0.654 e. The van der Waals surface area contributed by atoms with E-state index in [0.29, 0.717) is 17.5 Å². The monoisotopic (exact) mass is 303 g/mol. The fraction of sp³-hybridized carbons (Fsp3) is 0.316. The van der Waals surface area contributed by atoms with Gasteiger partial charge in [0.05, 0.1) is 0 Å². The second-order valence-electron chi connectivity index (χ2n) is 5.87. The molecule has 0 heterocycles. The molecule has 3 heteroatoms. The molecule has 0 saturated carbocycles. The molecule has 2 aromatic carbocycles. The molecule has 0 bridgehead atoms. The van der Waals surface area contributed by atoms with E-state index in [1.54, 1.807) is 18.2 Å². The Bertz CT molecular complexity index is 654. The molecule has 0 saturated heterocycles. The molecule has 0 unspecified atom stereocenters. The Balaban J connectivity index is 0.00000242. The van der Waals surface area contributed by atoms with Crippen LogP contribution in [0.4, 0.5) is 11.4 Å². The van der Waals surface area contributed by atoms with Gasteiger partial charge in [-0.25, -0.2) is 0 Å². The van der Waals surface area contributed by atoms with Gasteiger partial charge in [0.25, 0.3) is 0 Å². The molecule has 0 amide bonds. The van der Waals surface area contributed by atoms with Crippen molar-refractivity contribution >= 4 is 11.4 Å². The topological polar surface area (TPSA) is 31.2 Å². The first kappa shape index (κ1) is 19.0. The van der Waals surface area contributed by atoms with E-state index in [1.807, 2.05) is 12.1 Å². The van der Waals surface area contributed by atoms with Crippen LogP contribution in [0.2, 0.25) is 0 Å². The van der Waals surface area contributed by atoms with Crippen molar-refractivity contribution in [2.24, 2.45) is 0 Å². The summed E-state index contributed by atoms with van der Waals surface area (Å²) < 4.78 is 0. The number of para-hydroxylation sites is 1. The van der Waals surface area contributed by atoms with E-state index in [4.69, 9.17) is 5.32 Å². The summed E-state index contributed by atoms with van der Waals surface area (Å²) in [6.07, 6.45) is 0. The van der Waals surface area contributed by atoms with Crippen LogP contribution in [0, 0.1) is 0 Å². The Hall–Kier alpha value is -1.09. The molecule has 0 aliphatic rings. The molecule has 2 nitrogen and oxygen atoms in total. The zero-order chi connectivity index (χ0) is 15.4. The summed E-state index contributed by atoms with van der Waals surface area (Å²) in [5.74, 6) is 0.741. The zero-order valence-corrected chi connectivity index (χ0v) is 16.1. The van der Waals surface area contributed by atoms with Gasteiger partial charge in [0.15, 0.2) is 5.43 Å². The van der Waals surface area contributed by atoms with Crippen LogP contribution in [0.3, 0.4) is 0 Å². The maximum Gasteiger partial charge on any atom is 1.00 e. The third-order valence-electron chi connectivity index (χ3n) is 3.55. The van der Waals surface area contributed by atoms with Crippen molar-refractivity contribution in [2.75, 3.05) is 0 Å². The minimum atomic E-state index is -0.0479. The van der Waals surface area contributed by atoms with Crippen LogP contribution in [0.5, 0.6) is 0 Å². The average molecular weight is 303 g/mol. The van der Waals surface area contributed by atoms with Crippen molar-refractivity contribution in [1.82, 2.24) is 0 Å². The molecule has 0 aliphatic carbocycles. The molecule has 0 N–H and O–H groups in total. The summed E-state index contributed by atoms with van der Waals surface area (Å²) in [6, 6.07) is 15.1. The summed E-state index contributed by atoms with van der Waals surface area (Å²) in [5, 5.41) is 4.71. The van der Waals surface area contributed by atoms with Gasteiger partial charge in [-0.15, -0.1) is 5.69 Å². The SMILES string of the molecule is CC(C)c1cccc(C(C)C)c1[N-]c1cccccc1=O.[Na+]. The Kier molecular flexibility index (Phi) is 7.34. The summed E-state index contributed by atoms with van der Waals surface area (Å²) >= 11 is 0. The number of nitrogens with zero attached hydrogens (tertiary/aromatic N) is 1. The molecule has 2 rings (SSSR count). The Labute approximate surface area is 155 Å². The molecule has 0 spiro atoms. The van der Waals surface area contributed by atoms with Crippen molar-refractivity contribution in [3.8, 4) is 0 Å². The van der Waals surface area contributed by atoms with Gasteiger partial charge >= 0.3 is 29.6 Å². The largest absolute Gasteiger partial charge is 1.00 e. The van der Waals surface area contributed by atoms with Crippen molar-refractivity contribution in [1.29, 1.82) is 0 Å². The van der Waals surface area contributed by atoms with Crippen molar-refractivity contribution in [3.05, 3.63) is 75.2 Å². The Morgan fingerprint density at radius 3 is 1.86 bits per heavy atom. The van der Waals surface area contributed by atoms with Crippen molar-refractivity contribution in [3.63, 3.8) is 0 Å². The van der Waals surface area contributed by atoms with Crippen molar-refractivity contribution in [2.45, 2.75) is 39.5 Å².